The van der Waals surface area contributed by atoms with E-state index in [1.165, 1.54) is 19.2 Å². The van der Waals surface area contributed by atoms with E-state index in [4.69, 9.17) is 5.11 Å². The molecule has 1 aromatic rings. The molecule has 1 aromatic heterocycles. The predicted molar refractivity (Wildman–Crippen MR) is 62.3 cm³/mol. The maximum absolute atomic E-state index is 11.6. The van der Waals surface area contributed by atoms with Crippen LogP contribution in [0, 0.1) is 6.92 Å². The first-order valence-corrected chi connectivity index (χ1v) is 5.45. The molecule has 1 heterocycles. The van der Waals surface area contributed by atoms with Gasteiger partial charge in [0.1, 0.15) is 12.2 Å². The second-order valence-electron chi connectivity index (χ2n) is 4.30. The Bertz CT molecular complexity index is 600. The van der Waals surface area contributed by atoms with Gasteiger partial charge >= 0.3 is 5.69 Å². The van der Waals surface area contributed by atoms with Crippen molar-refractivity contribution in [3.63, 3.8) is 0 Å². The van der Waals surface area contributed by atoms with Gasteiger partial charge in [0.05, 0.1) is 12.6 Å². The third-order valence-corrected chi connectivity index (χ3v) is 3.09. The number of aliphatic hydroxyl groups is 3. The van der Waals surface area contributed by atoms with Gasteiger partial charge in [-0.3, -0.25) is 14.3 Å². The molecule has 0 aliphatic heterocycles. The molecule has 0 radical (unpaired) electrons. The highest BCUT2D eigenvalue weighted by molar-refractivity contribution is 5.23. The van der Waals surface area contributed by atoms with Crippen molar-refractivity contribution >= 4 is 0 Å². The highest BCUT2D eigenvalue weighted by Gasteiger charge is 2.35. The summed E-state index contributed by atoms with van der Waals surface area (Å²) in [7, 11) is 0. The van der Waals surface area contributed by atoms with E-state index in [1.54, 1.807) is 0 Å². The van der Waals surface area contributed by atoms with Gasteiger partial charge in [0.15, 0.2) is 0 Å². The lowest BCUT2D eigenvalue weighted by molar-refractivity contribution is 0.0271. The molecule has 2 rings (SSSR count). The van der Waals surface area contributed by atoms with Gasteiger partial charge in [-0.1, -0.05) is 6.08 Å². The molecule has 4 N–H and O–H groups in total. The van der Waals surface area contributed by atoms with Gasteiger partial charge in [-0.25, -0.2) is 4.79 Å². The summed E-state index contributed by atoms with van der Waals surface area (Å²) in [6.45, 7) is 1.13. The number of rotatable bonds is 2. The van der Waals surface area contributed by atoms with Crippen LogP contribution in [0.2, 0.25) is 0 Å². The summed E-state index contributed by atoms with van der Waals surface area (Å²) in [5.41, 5.74) is -0.585. The van der Waals surface area contributed by atoms with Crippen molar-refractivity contribution in [1.29, 1.82) is 0 Å². The van der Waals surface area contributed by atoms with E-state index in [0.29, 0.717) is 5.56 Å². The molecule has 1 unspecified atom stereocenters. The van der Waals surface area contributed by atoms with Crippen molar-refractivity contribution in [3.8, 4) is 0 Å². The number of nitrogens with zero attached hydrogens (tertiary/aromatic N) is 1. The van der Waals surface area contributed by atoms with Gasteiger partial charge < -0.3 is 15.3 Å². The Kier molecular flexibility index (Phi) is 3.20. The molecule has 7 nitrogen and oxygen atoms in total. The van der Waals surface area contributed by atoms with Gasteiger partial charge in [-0.2, -0.15) is 0 Å². The molecule has 7 heteroatoms. The Morgan fingerprint density at radius 3 is 2.61 bits per heavy atom. The topological polar surface area (TPSA) is 116 Å². The Morgan fingerprint density at radius 1 is 1.39 bits per heavy atom. The molecule has 98 valence electrons. The third-order valence-electron chi connectivity index (χ3n) is 3.09. The summed E-state index contributed by atoms with van der Waals surface area (Å²) < 4.78 is 1.13. The molecule has 0 amide bonds. The largest absolute Gasteiger partial charge is 0.392 e. The van der Waals surface area contributed by atoms with E-state index in [1.807, 2.05) is 0 Å². The third kappa shape index (κ3) is 1.92. The lowest BCUT2D eigenvalue weighted by Crippen LogP contribution is -2.38. The fraction of sp³-hybridized carbons (Fsp3) is 0.455. The Morgan fingerprint density at radius 2 is 2.06 bits per heavy atom. The second-order valence-corrected chi connectivity index (χ2v) is 4.30. The highest BCUT2D eigenvalue weighted by atomic mass is 16.3. The van der Waals surface area contributed by atoms with Gasteiger partial charge in [-0.15, -0.1) is 0 Å². The van der Waals surface area contributed by atoms with Crippen LogP contribution in [-0.4, -0.2) is 43.7 Å². The van der Waals surface area contributed by atoms with Crippen LogP contribution in [0.1, 0.15) is 11.6 Å². The molecular formula is C11H14N2O5. The maximum Gasteiger partial charge on any atom is 0.328 e. The van der Waals surface area contributed by atoms with Crippen molar-refractivity contribution in [3.05, 3.63) is 44.2 Å². The number of H-pyrrole nitrogens is 1. The van der Waals surface area contributed by atoms with Crippen molar-refractivity contribution in [2.45, 2.75) is 25.2 Å². The standard InChI is InChI=1S/C11H14N2O5/c1-5-3-13(11(18)12-10(5)17)7-2-6(4-14)8(15)9(7)16/h2-3,7-9,14-16H,4H2,1H3,(H,12,17,18)/t7-,8+,9?/m1/s1. The average molecular weight is 254 g/mol. The van der Waals surface area contributed by atoms with Crippen LogP contribution in [-0.2, 0) is 0 Å². The van der Waals surface area contributed by atoms with Crippen molar-refractivity contribution in [2.75, 3.05) is 6.61 Å². The van der Waals surface area contributed by atoms with E-state index in [2.05, 4.69) is 4.98 Å². The number of aromatic nitrogens is 2. The molecule has 0 bridgehead atoms. The van der Waals surface area contributed by atoms with E-state index in [9.17, 15) is 19.8 Å². The molecule has 0 aromatic carbocycles. The zero-order chi connectivity index (χ0) is 13.4. The molecule has 3 atom stereocenters. The quantitative estimate of drug-likeness (QED) is 0.457. The molecule has 0 saturated heterocycles. The van der Waals surface area contributed by atoms with Crippen molar-refractivity contribution < 1.29 is 15.3 Å². The summed E-state index contributed by atoms with van der Waals surface area (Å²) in [6.07, 6.45) is 0.307. The first kappa shape index (κ1) is 12.7. The Balaban J connectivity index is 2.51. The summed E-state index contributed by atoms with van der Waals surface area (Å²) in [4.78, 5) is 25.0. The fourth-order valence-electron chi connectivity index (χ4n) is 2.02. The van der Waals surface area contributed by atoms with Crippen LogP contribution in [0.3, 0.4) is 0 Å². The number of nitrogens with one attached hydrogen (secondary N) is 1. The van der Waals surface area contributed by atoms with Crippen LogP contribution in [0.15, 0.2) is 27.4 Å². The molecule has 0 saturated carbocycles. The molecule has 18 heavy (non-hydrogen) atoms. The first-order valence-electron chi connectivity index (χ1n) is 5.45. The number of aryl methyl sites for hydroxylation is 1. The second kappa shape index (κ2) is 4.52. The number of hydrogen-bond donors (Lipinski definition) is 4. The van der Waals surface area contributed by atoms with Gasteiger partial charge in [0, 0.05) is 11.8 Å². The zero-order valence-corrected chi connectivity index (χ0v) is 9.70. The fourth-order valence-corrected chi connectivity index (χ4v) is 2.02. The van der Waals surface area contributed by atoms with Crippen LogP contribution in [0.25, 0.3) is 0 Å². The number of aromatic amines is 1. The predicted octanol–water partition coefficient (Wildman–Crippen LogP) is -1.96. The number of aliphatic hydroxyl groups excluding tert-OH is 3. The normalized spacial score (nSPS) is 27.3. The van der Waals surface area contributed by atoms with Gasteiger partial charge in [0.25, 0.3) is 5.56 Å². The molecule has 1 aliphatic rings. The minimum atomic E-state index is -1.23. The van der Waals surface area contributed by atoms with Gasteiger partial charge in [0.2, 0.25) is 0 Å². The number of hydrogen-bond acceptors (Lipinski definition) is 5. The van der Waals surface area contributed by atoms with Crippen LogP contribution < -0.4 is 11.2 Å². The van der Waals surface area contributed by atoms with E-state index >= 15 is 0 Å². The van der Waals surface area contributed by atoms with Crippen molar-refractivity contribution in [2.24, 2.45) is 0 Å². The molecule has 0 fully saturated rings. The monoisotopic (exact) mass is 254 g/mol. The minimum Gasteiger partial charge on any atom is -0.392 e. The Labute approximate surface area is 102 Å². The molecular weight excluding hydrogens is 240 g/mol. The highest BCUT2D eigenvalue weighted by Crippen LogP contribution is 2.27. The SMILES string of the molecule is Cc1cn([C@@H]2C=C(CO)[C@H](O)C2O)c(=O)[nH]c1=O. The molecule has 1 aliphatic carbocycles. The van der Waals surface area contributed by atoms with Crippen LogP contribution >= 0.6 is 0 Å². The smallest absolute Gasteiger partial charge is 0.328 e. The lowest BCUT2D eigenvalue weighted by Gasteiger charge is -2.19. The Hall–Kier alpha value is -1.70. The average Bonchev–Trinajstić information content (AvgIpc) is 2.61. The van der Waals surface area contributed by atoms with Crippen LogP contribution in [0.4, 0.5) is 0 Å². The first-order chi connectivity index (χ1) is 8.45. The van der Waals surface area contributed by atoms with E-state index in [0.717, 1.165) is 4.57 Å². The zero-order valence-electron chi connectivity index (χ0n) is 9.70. The van der Waals surface area contributed by atoms with Crippen molar-refractivity contribution in [1.82, 2.24) is 9.55 Å². The summed E-state index contributed by atoms with van der Waals surface area (Å²) in [5, 5.41) is 28.5. The lowest BCUT2D eigenvalue weighted by atomic mass is 10.1. The maximum atomic E-state index is 11.6. The summed E-state index contributed by atoms with van der Waals surface area (Å²) in [5.74, 6) is 0. The van der Waals surface area contributed by atoms with E-state index in [-0.39, 0.29) is 5.57 Å². The van der Waals surface area contributed by atoms with Gasteiger partial charge in [-0.05, 0) is 12.5 Å². The minimum absolute atomic E-state index is 0.253. The summed E-state index contributed by atoms with van der Waals surface area (Å²) >= 11 is 0. The molecule has 0 spiro atoms. The van der Waals surface area contributed by atoms with Crippen LogP contribution in [0.5, 0.6) is 0 Å². The van der Waals surface area contributed by atoms with E-state index < -0.39 is 36.1 Å². The summed E-state index contributed by atoms with van der Waals surface area (Å²) in [6, 6.07) is -0.801.